The lowest BCUT2D eigenvalue weighted by molar-refractivity contribution is 0.0997. The van der Waals surface area contributed by atoms with E-state index in [1.54, 1.807) is 36.5 Å². The molecule has 6 heteroatoms. The van der Waals surface area contributed by atoms with Crippen molar-refractivity contribution in [2.75, 3.05) is 5.32 Å². The molecule has 0 saturated carbocycles. The highest BCUT2D eigenvalue weighted by Crippen LogP contribution is 2.19. The van der Waals surface area contributed by atoms with Crippen LogP contribution in [0.2, 0.25) is 0 Å². The number of hydrogen-bond acceptors (Lipinski definition) is 4. The highest BCUT2D eigenvalue weighted by atomic mass is 79.9. The van der Waals surface area contributed by atoms with Crippen molar-refractivity contribution in [3.8, 4) is 0 Å². The van der Waals surface area contributed by atoms with Gasteiger partial charge in [0.05, 0.1) is 17.3 Å². The second-order valence-electron chi connectivity index (χ2n) is 4.31. The maximum Gasteiger partial charge on any atom is 0.291 e. The quantitative estimate of drug-likeness (QED) is 0.774. The van der Waals surface area contributed by atoms with Crippen LogP contribution in [-0.4, -0.2) is 10.9 Å². The van der Waals surface area contributed by atoms with Crippen LogP contribution in [0.1, 0.15) is 10.6 Å². The number of nitrogens with zero attached hydrogens (tertiary/aromatic N) is 1. The highest BCUT2D eigenvalue weighted by molar-refractivity contribution is 9.10. The summed E-state index contributed by atoms with van der Waals surface area (Å²) in [6.45, 7) is 0. The van der Waals surface area contributed by atoms with E-state index in [4.69, 9.17) is 4.42 Å². The standard InChI is InChI=1S/C15H9BrN2O3/c16-9-3-4-11-12(19)7-14(21-13(11)6-9)15(20)18-10-2-1-5-17-8-10/h1-8H,(H,18,20). The molecule has 0 bridgehead atoms. The van der Waals surface area contributed by atoms with Gasteiger partial charge in [-0.2, -0.15) is 0 Å². The SMILES string of the molecule is O=C(Nc1cccnc1)c1cc(=O)c2ccc(Br)cc2o1. The molecule has 0 fully saturated rings. The molecule has 0 atom stereocenters. The molecule has 2 aromatic heterocycles. The second-order valence-corrected chi connectivity index (χ2v) is 5.23. The van der Waals surface area contributed by atoms with Crippen molar-refractivity contribution in [1.82, 2.24) is 4.98 Å². The Morgan fingerprint density at radius 1 is 1.24 bits per heavy atom. The molecule has 0 saturated heterocycles. The Balaban J connectivity index is 2.00. The summed E-state index contributed by atoms with van der Waals surface area (Å²) >= 11 is 3.30. The topological polar surface area (TPSA) is 72.2 Å². The number of fused-ring (bicyclic) bond motifs is 1. The van der Waals surface area contributed by atoms with Crippen LogP contribution in [0.25, 0.3) is 11.0 Å². The van der Waals surface area contributed by atoms with E-state index < -0.39 is 5.91 Å². The van der Waals surface area contributed by atoms with Crippen molar-refractivity contribution in [3.05, 3.63) is 69.2 Å². The number of nitrogens with one attached hydrogen (secondary N) is 1. The maximum atomic E-state index is 12.1. The first-order valence-corrected chi connectivity index (χ1v) is 6.87. The predicted octanol–water partition coefficient (Wildman–Crippen LogP) is 3.20. The fourth-order valence-corrected chi connectivity index (χ4v) is 2.21. The minimum absolute atomic E-state index is 0.0468. The molecule has 0 aliphatic carbocycles. The summed E-state index contributed by atoms with van der Waals surface area (Å²) in [5, 5.41) is 3.05. The number of pyridine rings is 1. The molecule has 0 radical (unpaired) electrons. The van der Waals surface area contributed by atoms with Gasteiger partial charge in [-0.15, -0.1) is 0 Å². The van der Waals surface area contributed by atoms with Gasteiger partial charge in [-0.1, -0.05) is 15.9 Å². The van der Waals surface area contributed by atoms with Crippen LogP contribution in [0.5, 0.6) is 0 Å². The monoisotopic (exact) mass is 344 g/mol. The van der Waals surface area contributed by atoms with Gasteiger partial charge in [-0.25, -0.2) is 0 Å². The molecule has 21 heavy (non-hydrogen) atoms. The molecular formula is C15H9BrN2O3. The van der Waals surface area contributed by atoms with E-state index in [0.717, 1.165) is 4.47 Å². The summed E-state index contributed by atoms with van der Waals surface area (Å²) in [4.78, 5) is 28.0. The van der Waals surface area contributed by atoms with Gasteiger partial charge in [0.2, 0.25) is 0 Å². The van der Waals surface area contributed by atoms with Crippen LogP contribution in [0.15, 0.2) is 62.5 Å². The molecule has 0 aliphatic heterocycles. The van der Waals surface area contributed by atoms with E-state index in [2.05, 4.69) is 26.2 Å². The molecule has 3 aromatic rings. The van der Waals surface area contributed by atoms with Gasteiger partial charge >= 0.3 is 0 Å². The number of carbonyl (C=O) groups is 1. The summed E-state index contributed by atoms with van der Waals surface area (Å²) in [6.07, 6.45) is 3.11. The lowest BCUT2D eigenvalue weighted by Crippen LogP contribution is -2.15. The van der Waals surface area contributed by atoms with E-state index >= 15 is 0 Å². The molecule has 2 heterocycles. The van der Waals surface area contributed by atoms with Crippen LogP contribution in [0.4, 0.5) is 5.69 Å². The number of aromatic nitrogens is 1. The number of anilines is 1. The fourth-order valence-electron chi connectivity index (χ4n) is 1.87. The lowest BCUT2D eigenvalue weighted by atomic mass is 10.2. The molecule has 1 amide bonds. The van der Waals surface area contributed by atoms with E-state index in [1.807, 2.05) is 0 Å². The van der Waals surface area contributed by atoms with Crippen molar-refractivity contribution < 1.29 is 9.21 Å². The van der Waals surface area contributed by atoms with Gasteiger partial charge in [-0.05, 0) is 30.3 Å². The zero-order chi connectivity index (χ0) is 14.8. The number of amides is 1. The first-order valence-electron chi connectivity index (χ1n) is 6.08. The molecular weight excluding hydrogens is 336 g/mol. The lowest BCUT2D eigenvalue weighted by Gasteiger charge is -2.05. The second kappa shape index (κ2) is 5.49. The first-order chi connectivity index (χ1) is 10.1. The number of hydrogen-bond donors (Lipinski definition) is 1. The molecule has 1 aromatic carbocycles. The van der Waals surface area contributed by atoms with Crippen molar-refractivity contribution in [1.29, 1.82) is 0 Å². The summed E-state index contributed by atoms with van der Waals surface area (Å²) in [7, 11) is 0. The summed E-state index contributed by atoms with van der Waals surface area (Å²) in [5.41, 5.74) is 0.618. The van der Waals surface area contributed by atoms with Gasteiger partial charge in [-0.3, -0.25) is 14.6 Å². The van der Waals surface area contributed by atoms with Crippen molar-refractivity contribution in [2.45, 2.75) is 0 Å². The molecule has 1 N–H and O–H groups in total. The Morgan fingerprint density at radius 3 is 2.86 bits per heavy atom. The van der Waals surface area contributed by atoms with Crippen molar-refractivity contribution >= 4 is 38.5 Å². The van der Waals surface area contributed by atoms with Crippen LogP contribution >= 0.6 is 15.9 Å². The smallest absolute Gasteiger partial charge is 0.291 e. The van der Waals surface area contributed by atoms with Gasteiger partial charge < -0.3 is 9.73 Å². The number of rotatable bonds is 2. The molecule has 104 valence electrons. The van der Waals surface area contributed by atoms with E-state index in [-0.39, 0.29) is 11.2 Å². The third kappa shape index (κ3) is 2.85. The third-order valence-electron chi connectivity index (χ3n) is 2.83. The average Bonchev–Trinajstić information content (AvgIpc) is 2.47. The Kier molecular flexibility index (Phi) is 3.53. The summed E-state index contributed by atoms with van der Waals surface area (Å²) in [6, 6.07) is 9.62. The highest BCUT2D eigenvalue weighted by Gasteiger charge is 2.12. The van der Waals surface area contributed by atoms with Crippen LogP contribution in [0, 0.1) is 0 Å². The molecule has 3 rings (SSSR count). The van der Waals surface area contributed by atoms with Gasteiger partial charge in [0, 0.05) is 16.7 Å². The average molecular weight is 345 g/mol. The van der Waals surface area contributed by atoms with E-state index in [1.165, 1.54) is 12.3 Å². The molecule has 0 spiro atoms. The van der Waals surface area contributed by atoms with Crippen LogP contribution in [-0.2, 0) is 0 Å². The van der Waals surface area contributed by atoms with Crippen LogP contribution in [0.3, 0.4) is 0 Å². The fraction of sp³-hybridized carbons (Fsp3) is 0. The van der Waals surface area contributed by atoms with Crippen molar-refractivity contribution in [3.63, 3.8) is 0 Å². The number of halogens is 1. The zero-order valence-corrected chi connectivity index (χ0v) is 12.3. The van der Waals surface area contributed by atoms with Gasteiger partial charge in [0.1, 0.15) is 5.58 Å². The molecule has 5 nitrogen and oxygen atoms in total. The Labute approximate surface area is 127 Å². The number of benzene rings is 1. The zero-order valence-electron chi connectivity index (χ0n) is 10.7. The summed E-state index contributed by atoms with van der Waals surface area (Å²) < 4.78 is 6.26. The largest absolute Gasteiger partial charge is 0.451 e. The molecule has 0 unspecified atom stereocenters. The van der Waals surface area contributed by atoms with Gasteiger partial charge in [0.15, 0.2) is 11.2 Å². The first kappa shape index (κ1) is 13.5. The normalized spacial score (nSPS) is 10.5. The minimum atomic E-state index is -0.498. The maximum absolute atomic E-state index is 12.1. The van der Waals surface area contributed by atoms with Crippen molar-refractivity contribution in [2.24, 2.45) is 0 Å². The number of carbonyl (C=O) groups excluding carboxylic acids is 1. The Morgan fingerprint density at radius 2 is 2.10 bits per heavy atom. The Bertz CT molecular complexity index is 875. The predicted molar refractivity (Wildman–Crippen MR) is 82.4 cm³/mol. The van der Waals surface area contributed by atoms with E-state index in [9.17, 15) is 9.59 Å². The summed E-state index contributed by atoms with van der Waals surface area (Å²) in [5.74, 6) is -0.545. The minimum Gasteiger partial charge on any atom is -0.451 e. The van der Waals surface area contributed by atoms with E-state index in [0.29, 0.717) is 16.7 Å². The molecule has 0 aliphatic rings. The van der Waals surface area contributed by atoms with Crippen LogP contribution < -0.4 is 10.7 Å². The third-order valence-corrected chi connectivity index (χ3v) is 3.33. The van der Waals surface area contributed by atoms with Gasteiger partial charge in [0.25, 0.3) is 5.91 Å². The Hall–Kier alpha value is -2.47.